The summed E-state index contributed by atoms with van der Waals surface area (Å²) in [5.74, 6) is -1.42. The van der Waals surface area contributed by atoms with E-state index in [4.69, 9.17) is 14.9 Å². The van der Waals surface area contributed by atoms with Gasteiger partial charge < -0.3 is 25.0 Å². The molecule has 0 bridgehead atoms. The molecule has 1 amide bonds. The molecular formula is C24H28F2N6O3. The van der Waals surface area contributed by atoms with Crippen LogP contribution < -0.4 is 10.6 Å². The Bertz CT molecular complexity index is 1140. The summed E-state index contributed by atoms with van der Waals surface area (Å²) in [6.45, 7) is 3.43. The van der Waals surface area contributed by atoms with Crippen molar-refractivity contribution in [2.45, 2.75) is 38.4 Å². The first-order valence-electron chi connectivity index (χ1n) is 11.3. The molecule has 2 atom stereocenters. The number of hydrogen-bond acceptors (Lipinski definition) is 8. The fourth-order valence-electron chi connectivity index (χ4n) is 4.06. The van der Waals surface area contributed by atoms with Crippen LogP contribution in [0.4, 0.5) is 20.5 Å². The first-order valence-corrected chi connectivity index (χ1v) is 11.3. The highest BCUT2D eigenvalue weighted by Gasteiger charge is 2.35. The predicted molar refractivity (Wildman–Crippen MR) is 126 cm³/mol. The van der Waals surface area contributed by atoms with Gasteiger partial charge in [0.1, 0.15) is 11.5 Å². The van der Waals surface area contributed by atoms with Gasteiger partial charge >= 0.3 is 0 Å². The van der Waals surface area contributed by atoms with Gasteiger partial charge in [-0.15, -0.1) is 0 Å². The summed E-state index contributed by atoms with van der Waals surface area (Å²) >= 11 is 0. The zero-order valence-corrected chi connectivity index (χ0v) is 19.6. The molecule has 0 radical (unpaired) electrons. The van der Waals surface area contributed by atoms with Crippen LogP contribution in [0, 0.1) is 24.0 Å². The number of nitrogens with zero attached hydrogens (tertiary/aromatic N) is 3. The van der Waals surface area contributed by atoms with Crippen LogP contribution in [0.1, 0.15) is 24.0 Å². The van der Waals surface area contributed by atoms with Crippen LogP contribution in [0.5, 0.6) is 0 Å². The fourth-order valence-corrected chi connectivity index (χ4v) is 4.06. The number of aromatic nitrogens is 2. The summed E-state index contributed by atoms with van der Waals surface area (Å²) < 4.78 is 37.6. The number of likely N-dealkylation sites (tertiary alicyclic amines) is 1. The Hall–Kier alpha value is -3.44. The number of hydrogen-bond donors (Lipinski definition) is 3. The number of ether oxygens (including phenoxy) is 2. The second kappa shape index (κ2) is 10.9. The number of benzene rings is 1. The molecule has 2 aromatic rings. The van der Waals surface area contributed by atoms with Crippen molar-refractivity contribution in [1.82, 2.24) is 14.9 Å². The molecule has 0 aliphatic carbocycles. The van der Waals surface area contributed by atoms with Crippen molar-refractivity contribution in [3.05, 3.63) is 58.9 Å². The first kappa shape index (κ1) is 24.7. The maximum Gasteiger partial charge on any atom is 0.272 e. The number of nitrogens with one attached hydrogen (secondary N) is 3. The third kappa shape index (κ3) is 5.80. The van der Waals surface area contributed by atoms with Crippen molar-refractivity contribution in [3.8, 4) is 0 Å². The lowest BCUT2D eigenvalue weighted by atomic mass is 9.94. The number of amides is 1. The van der Waals surface area contributed by atoms with E-state index in [1.807, 2.05) is 6.92 Å². The highest BCUT2D eigenvalue weighted by atomic mass is 19.2. The molecule has 2 aliphatic heterocycles. The van der Waals surface area contributed by atoms with Gasteiger partial charge in [0.2, 0.25) is 5.95 Å². The Morgan fingerprint density at radius 1 is 1.34 bits per heavy atom. The quantitative estimate of drug-likeness (QED) is 0.526. The van der Waals surface area contributed by atoms with E-state index in [9.17, 15) is 13.6 Å². The number of aryl methyl sites for hydroxylation is 1. The summed E-state index contributed by atoms with van der Waals surface area (Å²) in [5, 5.41) is 14.8. The Kier molecular flexibility index (Phi) is 7.67. The minimum absolute atomic E-state index is 0.0398. The van der Waals surface area contributed by atoms with E-state index < -0.39 is 17.5 Å². The van der Waals surface area contributed by atoms with Gasteiger partial charge in [0.25, 0.3) is 5.91 Å². The molecule has 2 saturated heterocycles. The van der Waals surface area contributed by atoms with Gasteiger partial charge in [-0.05, 0) is 37.5 Å². The van der Waals surface area contributed by atoms with Crippen molar-refractivity contribution in [1.29, 1.82) is 5.41 Å². The van der Waals surface area contributed by atoms with E-state index in [1.165, 1.54) is 18.1 Å². The second-order valence-electron chi connectivity index (χ2n) is 8.61. The number of piperidine rings is 1. The zero-order valence-electron chi connectivity index (χ0n) is 19.6. The summed E-state index contributed by atoms with van der Waals surface area (Å²) in [6, 6.07) is 3.28. The average molecular weight is 487 g/mol. The molecule has 3 heterocycles. The number of methoxy groups -OCH3 is 1. The van der Waals surface area contributed by atoms with Gasteiger partial charge in [0, 0.05) is 43.8 Å². The normalized spacial score (nSPS) is 21.6. The third-order valence-corrected chi connectivity index (χ3v) is 6.01. The lowest BCUT2D eigenvalue weighted by Gasteiger charge is -2.36. The molecule has 1 aromatic carbocycles. The van der Waals surface area contributed by atoms with Crippen molar-refractivity contribution in [2.75, 3.05) is 37.6 Å². The summed E-state index contributed by atoms with van der Waals surface area (Å²) in [5.41, 5.74) is 1.55. The van der Waals surface area contributed by atoms with E-state index in [-0.39, 0.29) is 30.9 Å². The van der Waals surface area contributed by atoms with Gasteiger partial charge in [-0.1, -0.05) is 6.07 Å². The van der Waals surface area contributed by atoms with Crippen LogP contribution in [-0.2, 0) is 20.8 Å². The van der Waals surface area contributed by atoms with Gasteiger partial charge in [-0.25, -0.2) is 13.8 Å². The number of carbonyl (C=O) groups excluding carboxylic acids is 1. The molecule has 1 unspecified atom stereocenters. The minimum Gasteiger partial charge on any atom is -0.383 e. The Labute approximate surface area is 202 Å². The SMILES string of the molecule is COC[C@H]1C/C(=C/Nc2nc(NC3CCOC3)ncc2C)C(=N)C(=O)N1Cc1ccc(F)c(F)c1. The topological polar surface area (TPSA) is 112 Å². The van der Waals surface area contributed by atoms with E-state index in [0.29, 0.717) is 42.5 Å². The summed E-state index contributed by atoms with van der Waals surface area (Å²) in [6.07, 6.45) is 4.53. The molecule has 2 aliphatic rings. The first-order chi connectivity index (χ1) is 16.9. The van der Waals surface area contributed by atoms with Crippen molar-refractivity contribution in [2.24, 2.45) is 0 Å². The fraction of sp³-hybridized carbons (Fsp3) is 0.417. The lowest BCUT2D eigenvalue weighted by molar-refractivity contribution is -0.129. The molecular weight excluding hydrogens is 458 g/mol. The number of rotatable bonds is 8. The van der Waals surface area contributed by atoms with E-state index >= 15 is 0 Å². The summed E-state index contributed by atoms with van der Waals surface area (Å²) in [7, 11) is 1.52. The van der Waals surface area contributed by atoms with Gasteiger partial charge in [0.05, 0.1) is 25.3 Å². The zero-order chi connectivity index (χ0) is 24.9. The molecule has 3 N–H and O–H groups in total. The lowest BCUT2D eigenvalue weighted by Crippen LogP contribution is -2.50. The van der Waals surface area contributed by atoms with Gasteiger partial charge in [-0.2, -0.15) is 4.98 Å². The van der Waals surface area contributed by atoms with Crippen molar-refractivity contribution in [3.63, 3.8) is 0 Å². The molecule has 186 valence electrons. The number of halogens is 2. The Balaban J connectivity index is 1.49. The Morgan fingerprint density at radius 2 is 2.17 bits per heavy atom. The maximum atomic E-state index is 13.7. The van der Waals surface area contributed by atoms with Crippen molar-refractivity contribution < 1.29 is 23.0 Å². The standard InChI is InChI=1S/C24H28F2N6O3/c1-14-9-29-24(30-17-5-6-35-12-17)31-22(14)28-10-16-8-18(13-34-2)32(23(33)21(16)27)11-15-3-4-19(25)20(26)7-15/h3-4,7,9-10,17-18,27H,5-6,8,11-13H2,1-2H3,(H2,28,29,30,31)/b16-10-,27-21?/t17?,18-/m1/s1. The molecule has 1 aromatic heterocycles. The highest BCUT2D eigenvalue weighted by molar-refractivity contribution is 6.44. The average Bonchev–Trinajstić information content (AvgIpc) is 3.35. The van der Waals surface area contributed by atoms with Crippen LogP contribution in [-0.4, -0.2) is 65.5 Å². The maximum absolute atomic E-state index is 13.7. The van der Waals surface area contributed by atoms with Crippen LogP contribution >= 0.6 is 0 Å². The predicted octanol–water partition coefficient (Wildman–Crippen LogP) is 3.03. The van der Waals surface area contributed by atoms with Crippen LogP contribution in [0.2, 0.25) is 0 Å². The monoisotopic (exact) mass is 486 g/mol. The molecule has 4 rings (SSSR count). The molecule has 9 nitrogen and oxygen atoms in total. The van der Waals surface area contributed by atoms with Crippen LogP contribution in [0.25, 0.3) is 0 Å². The third-order valence-electron chi connectivity index (χ3n) is 6.01. The molecule has 0 spiro atoms. The molecule has 11 heteroatoms. The summed E-state index contributed by atoms with van der Waals surface area (Å²) in [4.78, 5) is 23.4. The smallest absolute Gasteiger partial charge is 0.272 e. The molecule has 2 fully saturated rings. The van der Waals surface area contributed by atoms with Gasteiger partial charge in [-0.3, -0.25) is 10.2 Å². The second-order valence-corrected chi connectivity index (χ2v) is 8.61. The highest BCUT2D eigenvalue weighted by Crippen LogP contribution is 2.25. The minimum atomic E-state index is -0.982. The van der Waals surface area contributed by atoms with Crippen molar-refractivity contribution >= 4 is 23.4 Å². The molecule has 0 saturated carbocycles. The van der Waals surface area contributed by atoms with E-state index in [1.54, 1.807) is 12.4 Å². The van der Waals surface area contributed by atoms with E-state index in [0.717, 1.165) is 24.1 Å². The van der Waals surface area contributed by atoms with Crippen LogP contribution in [0.3, 0.4) is 0 Å². The molecule has 35 heavy (non-hydrogen) atoms. The van der Waals surface area contributed by atoms with Gasteiger partial charge in [0.15, 0.2) is 11.6 Å². The largest absolute Gasteiger partial charge is 0.383 e. The number of anilines is 2. The Morgan fingerprint density at radius 3 is 2.89 bits per heavy atom. The van der Waals surface area contributed by atoms with E-state index in [2.05, 4.69) is 20.6 Å². The van der Waals surface area contributed by atoms with Crippen LogP contribution in [0.15, 0.2) is 36.2 Å². The number of carbonyl (C=O) groups is 1.